The number of benzene rings is 2. The van der Waals surface area contributed by atoms with Gasteiger partial charge >= 0.3 is 0 Å². The Labute approximate surface area is 178 Å². The summed E-state index contributed by atoms with van der Waals surface area (Å²) >= 11 is 6.13. The zero-order valence-electron chi connectivity index (χ0n) is 16.5. The number of carbonyl (C=O) groups excluding carboxylic acids is 1. The molecule has 1 aliphatic rings. The van der Waals surface area contributed by atoms with Gasteiger partial charge in [-0.3, -0.25) is 4.79 Å². The van der Waals surface area contributed by atoms with Crippen molar-refractivity contribution in [3.05, 3.63) is 75.9 Å². The van der Waals surface area contributed by atoms with Crippen molar-refractivity contribution in [3.63, 3.8) is 0 Å². The molecule has 30 heavy (non-hydrogen) atoms. The number of hydrogen-bond acceptors (Lipinski definition) is 3. The molecule has 1 aromatic heterocycles. The molecule has 156 valence electrons. The Bertz CT molecular complexity index is 1080. The minimum absolute atomic E-state index is 0.171. The van der Waals surface area contributed by atoms with Crippen LogP contribution in [0, 0.1) is 13.8 Å². The summed E-state index contributed by atoms with van der Waals surface area (Å²) in [6.45, 7) is 3.76. The van der Waals surface area contributed by atoms with Gasteiger partial charge in [-0.05, 0) is 43.5 Å². The second-order valence-corrected chi connectivity index (χ2v) is 7.87. The van der Waals surface area contributed by atoms with Gasteiger partial charge in [0.15, 0.2) is 0 Å². The number of hydrogen-bond donors (Lipinski definition) is 2. The Balaban J connectivity index is 1.67. The standard InChI is InChI=1S/C22H21ClF2N4O/c1-12-6-8-14(9-7-12)18-10-19(20(24)25)29-21(27-18)15(11-26-29)22(30)28-17-5-3-4-16(23)13(17)2/h3-9,11,18-20,27H,10H2,1-2H3,(H,28,30)/t18-,19-/m1/s1. The van der Waals surface area contributed by atoms with Crippen LogP contribution in [0.3, 0.4) is 0 Å². The summed E-state index contributed by atoms with van der Waals surface area (Å²) in [5.41, 5.74) is 3.46. The average molecular weight is 431 g/mol. The van der Waals surface area contributed by atoms with Crippen LogP contribution in [0.1, 0.15) is 45.6 Å². The fourth-order valence-corrected chi connectivity index (χ4v) is 3.82. The van der Waals surface area contributed by atoms with Crippen molar-refractivity contribution in [2.75, 3.05) is 10.6 Å². The molecule has 0 saturated heterocycles. The fourth-order valence-electron chi connectivity index (χ4n) is 3.65. The number of carbonyl (C=O) groups is 1. The molecule has 0 radical (unpaired) electrons. The molecule has 0 spiro atoms. The predicted octanol–water partition coefficient (Wildman–Crippen LogP) is 5.77. The quantitative estimate of drug-likeness (QED) is 0.552. The lowest BCUT2D eigenvalue weighted by Gasteiger charge is -2.32. The zero-order chi connectivity index (χ0) is 21.4. The van der Waals surface area contributed by atoms with E-state index < -0.39 is 18.4 Å². The molecule has 8 heteroatoms. The highest BCUT2D eigenvalue weighted by Crippen LogP contribution is 2.39. The van der Waals surface area contributed by atoms with E-state index in [2.05, 4.69) is 15.7 Å². The fraction of sp³-hybridized carbons (Fsp3) is 0.273. The summed E-state index contributed by atoms with van der Waals surface area (Å²) < 4.78 is 28.8. The van der Waals surface area contributed by atoms with Gasteiger partial charge in [-0.15, -0.1) is 0 Å². The highest BCUT2D eigenvalue weighted by Gasteiger charge is 2.36. The summed E-state index contributed by atoms with van der Waals surface area (Å²) in [5, 5.41) is 10.7. The first kappa shape index (κ1) is 20.3. The molecule has 2 heterocycles. The van der Waals surface area contributed by atoms with Gasteiger partial charge in [0, 0.05) is 10.7 Å². The van der Waals surface area contributed by atoms with Crippen molar-refractivity contribution in [3.8, 4) is 0 Å². The third-order valence-corrected chi connectivity index (χ3v) is 5.84. The molecule has 4 rings (SSSR count). The summed E-state index contributed by atoms with van der Waals surface area (Å²) in [6, 6.07) is 11.4. The van der Waals surface area contributed by atoms with Crippen LogP contribution in [-0.2, 0) is 0 Å². The van der Waals surface area contributed by atoms with E-state index in [0.717, 1.165) is 16.7 Å². The highest BCUT2D eigenvalue weighted by molar-refractivity contribution is 6.31. The number of anilines is 2. The van der Waals surface area contributed by atoms with E-state index in [-0.39, 0.29) is 23.8 Å². The summed E-state index contributed by atoms with van der Waals surface area (Å²) in [4.78, 5) is 12.9. The van der Waals surface area contributed by atoms with E-state index in [1.165, 1.54) is 10.9 Å². The Morgan fingerprint density at radius 3 is 2.67 bits per heavy atom. The van der Waals surface area contributed by atoms with Crippen LogP contribution in [0.15, 0.2) is 48.7 Å². The largest absolute Gasteiger partial charge is 0.363 e. The molecule has 0 unspecified atom stereocenters. The molecule has 1 amide bonds. The third kappa shape index (κ3) is 3.77. The monoisotopic (exact) mass is 430 g/mol. The van der Waals surface area contributed by atoms with Crippen molar-refractivity contribution < 1.29 is 13.6 Å². The Morgan fingerprint density at radius 2 is 1.97 bits per heavy atom. The second kappa shape index (κ2) is 8.07. The first-order chi connectivity index (χ1) is 14.3. The van der Waals surface area contributed by atoms with Crippen molar-refractivity contribution in [2.24, 2.45) is 0 Å². The molecule has 2 atom stereocenters. The van der Waals surface area contributed by atoms with Crippen LogP contribution in [0.5, 0.6) is 0 Å². The number of alkyl halides is 2. The Kier molecular flexibility index (Phi) is 5.47. The van der Waals surface area contributed by atoms with Crippen molar-refractivity contribution >= 4 is 29.0 Å². The second-order valence-electron chi connectivity index (χ2n) is 7.46. The van der Waals surface area contributed by atoms with Crippen LogP contribution >= 0.6 is 11.6 Å². The van der Waals surface area contributed by atoms with Gasteiger partial charge in [0.2, 0.25) is 0 Å². The lowest BCUT2D eigenvalue weighted by molar-refractivity contribution is 0.0657. The van der Waals surface area contributed by atoms with Crippen LogP contribution in [0.2, 0.25) is 5.02 Å². The molecule has 5 nitrogen and oxygen atoms in total. The molecule has 3 aromatic rings. The number of nitrogens with one attached hydrogen (secondary N) is 2. The maximum Gasteiger partial charge on any atom is 0.261 e. The van der Waals surface area contributed by atoms with E-state index in [0.29, 0.717) is 10.7 Å². The van der Waals surface area contributed by atoms with Gasteiger partial charge in [-0.1, -0.05) is 47.5 Å². The van der Waals surface area contributed by atoms with E-state index in [4.69, 9.17) is 11.6 Å². The van der Waals surface area contributed by atoms with Gasteiger partial charge in [-0.25, -0.2) is 13.5 Å². The van der Waals surface area contributed by atoms with Gasteiger partial charge in [-0.2, -0.15) is 5.10 Å². The van der Waals surface area contributed by atoms with Crippen LogP contribution in [-0.4, -0.2) is 22.1 Å². The summed E-state index contributed by atoms with van der Waals surface area (Å²) in [7, 11) is 0. The molecule has 1 aliphatic heterocycles. The normalized spacial score (nSPS) is 18.1. The minimum Gasteiger partial charge on any atom is -0.363 e. The van der Waals surface area contributed by atoms with Crippen molar-refractivity contribution in [1.82, 2.24) is 9.78 Å². The molecule has 0 aliphatic carbocycles. The van der Waals surface area contributed by atoms with Gasteiger partial charge in [0.1, 0.15) is 17.4 Å². The number of rotatable bonds is 4. The molecule has 0 saturated carbocycles. The Morgan fingerprint density at radius 1 is 1.23 bits per heavy atom. The van der Waals surface area contributed by atoms with Crippen LogP contribution in [0.4, 0.5) is 20.3 Å². The molecule has 0 bridgehead atoms. The summed E-state index contributed by atoms with van der Waals surface area (Å²) in [6.07, 6.45) is -1.11. The number of halogens is 3. The number of nitrogens with zero attached hydrogens (tertiary/aromatic N) is 2. The molecular weight excluding hydrogens is 410 g/mol. The lowest BCUT2D eigenvalue weighted by atomic mass is 9.96. The summed E-state index contributed by atoms with van der Waals surface area (Å²) in [5.74, 6) is -0.152. The molecule has 0 fully saturated rings. The Hall–Kier alpha value is -2.93. The highest BCUT2D eigenvalue weighted by atomic mass is 35.5. The minimum atomic E-state index is -2.61. The topological polar surface area (TPSA) is 59.0 Å². The zero-order valence-corrected chi connectivity index (χ0v) is 17.3. The smallest absolute Gasteiger partial charge is 0.261 e. The lowest BCUT2D eigenvalue weighted by Crippen LogP contribution is -2.31. The first-order valence-electron chi connectivity index (χ1n) is 9.60. The van der Waals surface area contributed by atoms with E-state index in [1.54, 1.807) is 25.1 Å². The third-order valence-electron chi connectivity index (χ3n) is 5.43. The number of aryl methyl sites for hydroxylation is 1. The molecular formula is C22H21ClF2N4O. The van der Waals surface area contributed by atoms with Gasteiger partial charge in [0.25, 0.3) is 12.3 Å². The van der Waals surface area contributed by atoms with Gasteiger partial charge < -0.3 is 10.6 Å². The predicted molar refractivity (Wildman–Crippen MR) is 114 cm³/mol. The number of fused-ring (bicyclic) bond motifs is 1. The maximum absolute atomic E-state index is 13.8. The number of aromatic nitrogens is 2. The van der Waals surface area contributed by atoms with Gasteiger partial charge in [0.05, 0.1) is 12.2 Å². The van der Waals surface area contributed by atoms with Crippen molar-refractivity contribution in [1.29, 1.82) is 0 Å². The van der Waals surface area contributed by atoms with E-state index >= 15 is 0 Å². The van der Waals surface area contributed by atoms with E-state index in [9.17, 15) is 13.6 Å². The average Bonchev–Trinajstić information content (AvgIpc) is 3.15. The molecule has 2 N–H and O–H groups in total. The van der Waals surface area contributed by atoms with E-state index in [1.807, 2.05) is 31.2 Å². The number of amides is 1. The van der Waals surface area contributed by atoms with Crippen LogP contribution in [0.25, 0.3) is 0 Å². The van der Waals surface area contributed by atoms with Crippen molar-refractivity contribution in [2.45, 2.75) is 38.8 Å². The maximum atomic E-state index is 13.8. The SMILES string of the molecule is Cc1ccc([C@H]2C[C@H](C(F)F)n3ncc(C(=O)Nc4cccc(Cl)c4C)c3N2)cc1. The molecule has 2 aromatic carbocycles. The first-order valence-corrected chi connectivity index (χ1v) is 9.98. The van der Waals surface area contributed by atoms with Crippen LogP contribution < -0.4 is 10.6 Å².